The van der Waals surface area contributed by atoms with Crippen molar-refractivity contribution in [2.24, 2.45) is 11.1 Å². The zero-order valence-electron chi connectivity index (χ0n) is 9.59. The summed E-state index contributed by atoms with van der Waals surface area (Å²) in [6, 6.07) is 5.89. The van der Waals surface area contributed by atoms with Gasteiger partial charge in [-0.05, 0) is 52.5 Å². The molecule has 0 atom stereocenters. The molecule has 0 amide bonds. The second-order valence-electron chi connectivity index (χ2n) is 4.54. The Balaban J connectivity index is 2.49. The maximum Gasteiger partial charge on any atom is 0.133 e. The summed E-state index contributed by atoms with van der Waals surface area (Å²) in [5, 5.41) is 0. The van der Waals surface area contributed by atoms with E-state index < -0.39 is 0 Å². The first-order valence-electron chi connectivity index (χ1n) is 5.22. The van der Waals surface area contributed by atoms with Crippen molar-refractivity contribution in [2.45, 2.75) is 20.3 Å². The lowest BCUT2D eigenvalue weighted by molar-refractivity contribution is 0.232. The van der Waals surface area contributed by atoms with Crippen LogP contribution in [-0.4, -0.2) is 13.2 Å². The molecule has 2 N–H and O–H groups in total. The average Bonchev–Trinajstić information content (AvgIpc) is 2.21. The van der Waals surface area contributed by atoms with Crippen LogP contribution in [0.5, 0.6) is 5.75 Å². The molecule has 1 aromatic carbocycles. The predicted octanol–water partition coefficient (Wildman–Crippen LogP) is 3.97. The minimum atomic E-state index is 0.141. The highest BCUT2D eigenvalue weighted by Gasteiger charge is 2.15. The maximum absolute atomic E-state index is 5.71. The summed E-state index contributed by atoms with van der Waals surface area (Å²) in [5.74, 6) is 0.871. The van der Waals surface area contributed by atoms with Crippen molar-refractivity contribution in [3.05, 3.63) is 27.1 Å². The molecular formula is C12H17Br2NO. The smallest absolute Gasteiger partial charge is 0.133 e. The summed E-state index contributed by atoms with van der Waals surface area (Å²) < 4.78 is 7.71. The first-order valence-corrected chi connectivity index (χ1v) is 6.81. The van der Waals surface area contributed by atoms with Gasteiger partial charge in [-0.25, -0.2) is 0 Å². The lowest BCUT2D eigenvalue weighted by atomic mass is 9.90. The van der Waals surface area contributed by atoms with Gasteiger partial charge in [-0.2, -0.15) is 0 Å². The van der Waals surface area contributed by atoms with E-state index in [-0.39, 0.29) is 5.41 Å². The second-order valence-corrected chi connectivity index (χ2v) is 6.31. The summed E-state index contributed by atoms with van der Waals surface area (Å²) >= 11 is 6.87. The number of nitrogens with two attached hydrogens (primary N) is 1. The lowest BCUT2D eigenvalue weighted by Gasteiger charge is -2.22. The normalized spacial score (nSPS) is 11.6. The Kier molecular flexibility index (Phi) is 5.28. The SMILES string of the molecule is CC(C)(CN)CCOc1ccc(Br)cc1Br. The highest BCUT2D eigenvalue weighted by molar-refractivity contribution is 9.11. The molecule has 2 nitrogen and oxygen atoms in total. The van der Waals surface area contributed by atoms with E-state index in [4.69, 9.17) is 10.5 Å². The van der Waals surface area contributed by atoms with Crippen LogP contribution in [0.4, 0.5) is 0 Å². The highest BCUT2D eigenvalue weighted by atomic mass is 79.9. The van der Waals surface area contributed by atoms with Crippen molar-refractivity contribution < 1.29 is 4.74 Å². The molecule has 0 saturated carbocycles. The number of benzene rings is 1. The van der Waals surface area contributed by atoms with Crippen molar-refractivity contribution in [2.75, 3.05) is 13.2 Å². The molecule has 1 aromatic rings. The monoisotopic (exact) mass is 349 g/mol. The fourth-order valence-corrected chi connectivity index (χ4v) is 2.29. The van der Waals surface area contributed by atoms with Gasteiger partial charge in [-0.15, -0.1) is 0 Å². The number of hydrogen-bond acceptors (Lipinski definition) is 2. The first-order chi connectivity index (χ1) is 7.44. The lowest BCUT2D eigenvalue weighted by Crippen LogP contribution is -2.25. The third-order valence-electron chi connectivity index (χ3n) is 2.48. The quantitative estimate of drug-likeness (QED) is 0.872. The molecule has 0 aliphatic heterocycles. The van der Waals surface area contributed by atoms with Gasteiger partial charge in [0.15, 0.2) is 0 Å². The molecule has 4 heteroatoms. The van der Waals surface area contributed by atoms with Crippen molar-refractivity contribution in [1.82, 2.24) is 0 Å². The van der Waals surface area contributed by atoms with Gasteiger partial charge in [0.25, 0.3) is 0 Å². The van der Waals surface area contributed by atoms with Crippen molar-refractivity contribution in [1.29, 1.82) is 0 Å². The van der Waals surface area contributed by atoms with E-state index in [9.17, 15) is 0 Å². The minimum absolute atomic E-state index is 0.141. The van der Waals surface area contributed by atoms with E-state index in [1.165, 1.54) is 0 Å². The summed E-state index contributed by atoms with van der Waals surface area (Å²) in [7, 11) is 0. The highest BCUT2D eigenvalue weighted by Crippen LogP contribution is 2.29. The summed E-state index contributed by atoms with van der Waals surface area (Å²) in [6.07, 6.45) is 0.950. The molecule has 0 aliphatic carbocycles. The van der Waals surface area contributed by atoms with E-state index in [2.05, 4.69) is 45.7 Å². The largest absolute Gasteiger partial charge is 0.492 e. The van der Waals surface area contributed by atoms with Crippen LogP contribution in [0.15, 0.2) is 27.1 Å². The zero-order valence-corrected chi connectivity index (χ0v) is 12.8. The molecule has 0 saturated heterocycles. The van der Waals surface area contributed by atoms with E-state index in [1.54, 1.807) is 0 Å². The molecular weight excluding hydrogens is 334 g/mol. The Bertz CT molecular complexity index is 353. The van der Waals surface area contributed by atoms with Crippen molar-refractivity contribution in [3.63, 3.8) is 0 Å². The van der Waals surface area contributed by atoms with Crippen LogP contribution < -0.4 is 10.5 Å². The Morgan fingerprint density at radius 2 is 2.00 bits per heavy atom. The van der Waals surface area contributed by atoms with E-state index in [0.717, 1.165) is 21.1 Å². The third-order valence-corrected chi connectivity index (χ3v) is 3.60. The number of ether oxygens (including phenoxy) is 1. The van der Waals surface area contributed by atoms with E-state index in [1.807, 2.05) is 18.2 Å². The molecule has 0 radical (unpaired) electrons. The van der Waals surface area contributed by atoms with Gasteiger partial charge in [0, 0.05) is 4.47 Å². The zero-order chi connectivity index (χ0) is 12.2. The first kappa shape index (κ1) is 14.0. The summed E-state index contributed by atoms with van der Waals surface area (Å²) in [4.78, 5) is 0. The molecule has 0 unspecified atom stereocenters. The molecule has 0 aliphatic rings. The van der Waals surface area contributed by atoms with Crippen LogP contribution in [0.3, 0.4) is 0 Å². The molecule has 0 bridgehead atoms. The van der Waals surface area contributed by atoms with Crippen molar-refractivity contribution >= 4 is 31.9 Å². The van der Waals surface area contributed by atoms with Gasteiger partial charge in [0.1, 0.15) is 5.75 Å². The fraction of sp³-hybridized carbons (Fsp3) is 0.500. The van der Waals surface area contributed by atoms with E-state index in [0.29, 0.717) is 13.2 Å². The standard InChI is InChI=1S/C12H17Br2NO/c1-12(2,8-15)5-6-16-11-4-3-9(13)7-10(11)14/h3-4,7H,5-6,8,15H2,1-2H3. The van der Waals surface area contributed by atoms with Crippen LogP contribution in [-0.2, 0) is 0 Å². The topological polar surface area (TPSA) is 35.2 Å². The molecule has 0 aromatic heterocycles. The Hall–Kier alpha value is -0.0600. The molecule has 0 fully saturated rings. The van der Waals surface area contributed by atoms with Gasteiger partial charge in [0.2, 0.25) is 0 Å². The molecule has 0 heterocycles. The molecule has 0 spiro atoms. The summed E-state index contributed by atoms with van der Waals surface area (Å²) in [6.45, 7) is 5.66. The molecule has 16 heavy (non-hydrogen) atoms. The molecule has 90 valence electrons. The van der Waals surface area contributed by atoms with Crippen LogP contribution >= 0.6 is 31.9 Å². The Morgan fingerprint density at radius 3 is 2.56 bits per heavy atom. The van der Waals surface area contributed by atoms with Crippen LogP contribution in [0.25, 0.3) is 0 Å². The van der Waals surface area contributed by atoms with Gasteiger partial charge in [-0.3, -0.25) is 0 Å². The summed E-state index contributed by atoms with van der Waals surface area (Å²) in [5.41, 5.74) is 5.81. The van der Waals surface area contributed by atoms with Gasteiger partial charge in [0.05, 0.1) is 11.1 Å². The van der Waals surface area contributed by atoms with Gasteiger partial charge in [-0.1, -0.05) is 29.8 Å². The third kappa shape index (κ3) is 4.44. The number of hydrogen-bond donors (Lipinski definition) is 1. The number of rotatable bonds is 5. The van der Waals surface area contributed by atoms with Crippen LogP contribution in [0.2, 0.25) is 0 Å². The maximum atomic E-state index is 5.71. The van der Waals surface area contributed by atoms with Gasteiger partial charge < -0.3 is 10.5 Å². The average molecular weight is 351 g/mol. The number of halogens is 2. The van der Waals surface area contributed by atoms with Gasteiger partial charge >= 0.3 is 0 Å². The van der Waals surface area contributed by atoms with Crippen molar-refractivity contribution in [3.8, 4) is 5.75 Å². The molecule has 1 rings (SSSR count). The Labute approximate surface area is 114 Å². The van der Waals surface area contributed by atoms with E-state index >= 15 is 0 Å². The fourth-order valence-electron chi connectivity index (χ4n) is 1.13. The minimum Gasteiger partial charge on any atom is -0.492 e. The Morgan fingerprint density at radius 1 is 1.31 bits per heavy atom. The second kappa shape index (κ2) is 6.03. The van der Waals surface area contributed by atoms with Crippen LogP contribution in [0.1, 0.15) is 20.3 Å². The predicted molar refractivity (Wildman–Crippen MR) is 74.8 cm³/mol. The van der Waals surface area contributed by atoms with Crippen LogP contribution in [0, 0.1) is 5.41 Å².